The first-order chi connectivity index (χ1) is 15.1. The number of alkyl halides is 3. The maximum absolute atomic E-state index is 13.6. The average molecular weight is 452 g/mol. The zero-order valence-electron chi connectivity index (χ0n) is 16.8. The number of cyclic esters (lactones) is 1. The van der Waals surface area contributed by atoms with Crippen LogP contribution in [0.1, 0.15) is 16.7 Å². The number of halogens is 3. The number of hydrogen-bond donors (Lipinski definition) is 2. The van der Waals surface area contributed by atoms with Crippen molar-refractivity contribution in [2.75, 3.05) is 7.11 Å². The Morgan fingerprint density at radius 2 is 1.81 bits per heavy atom. The summed E-state index contributed by atoms with van der Waals surface area (Å²) in [5.41, 5.74) is 5.47. The summed E-state index contributed by atoms with van der Waals surface area (Å²) in [6, 6.07) is 8.53. The monoisotopic (exact) mass is 452 g/mol. The Balaban J connectivity index is 1.76. The Kier molecular flexibility index (Phi) is 6.68. The van der Waals surface area contributed by atoms with Crippen molar-refractivity contribution < 1.29 is 41.8 Å². The van der Waals surface area contributed by atoms with E-state index in [9.17, 15) is 27.6 Å². The van der Waals surface area contributed by atoms with Crippen molar-refractivity contribution >= 4 is 18.0 Å². The third kappa shape index (κ3) is 5.55. The molecule has 0 spiro atoms. The van der Waals surface area contributed by atoms with Gasteiger partial charge in [0.1, 0.15) is 17.5 Å². The Labute approximate surface area is 180 Å². The molecule has 0 bridgehead atoms. The third-order valence-electron chi connectivity index (χ3n) is 4.65. The molecule has 0 aromatic heterocycles. The Morgan fingerprint density at radius 3 is 2.38 bits per heavy atom. The predicted molar refractivity (Wildman–Crippen MR) is 104 cm³/mol. The van der Waals surface area contributed by atoms with E-state index in [4.69, 9.17) is 15.2 Å². The molecule has 2 amide bonds. The molecular formula is C21H19F3N2O6. The first kappa shape index (κ1) is 23.1. The van der Waals surface area contributed by atoms with Gasteiger partial charge >= 0.3 is 18.2 Å². The van der Waals surface area contributed by atoms with E-state index in [1.807, 2.05) is 5.32 Å². The second kappa shape index (κ2) is 9.27. The molecule has 32 heavy (non-hydrogen) atoms. The standard InChI is InChI=1S/C21H19F3N2O6/c1-30-19(28)15(25)9-11-2-5-13(6-3-11)31-16-7-4-12(8-14(16)21(22,23)24)10-17-18(27)26-20(29)32-17/h2-8,15,17H,9-10,25H2,1H3,(H,26,27,29). The molecule has 170 valence electrons. The van der Waals surface area contributed by atoms with Gasteiger partial charge in [-0.15, -0.1) is 0 Å². The van der Waals surface area contributed by atoms with E-state index in [0.29, 0.717) is 5.56 Å². The molecule has 3 rings (SSSR count). The van der Waals surface area contributed by atoms with Gasteiger partial charge in [0.05, 0.1) is 12.7 Å². The summed E-state index contributed by atoms with van der Waals surface area (Å²) in [7, 11) is 1.22. The van der Waals surface area contributed by atoms with Crippen LogP contribution in [0.25, 0.3) is 0 Å². The molecule has 1 aliphatic rings. The van der Waals surface area contributed by atoms with Crippen LogP contribution in [0.15, 0.2) is 42.5 Å². The van der Waals surface area contributed by atoms with Crippen LogP contribution in [0.5, 0.6) is 11.5 Å². The summed E-state index contributed by atoms with van der Waals surface area (Å²) < 4.78 is 55.5. The number of nitrogens with two attached hydrogens (primary N) is 1. The number of benzene rings is 2. The lowest BCUT2D eigenvalue weighted by molar-refractivity contribution is -0.142. The number of ether oxygens (including phenoxy) is 3. The van der Waals surface area contributed by atoms with E-state index in [1.54, 1.807) is 12.1 Å². The first-order valence-corrected chi connectivity index (χ1v) is 9.38. The number of carbonyl (C=O) groups is 3. The molecule has 2 aromatic carbocycles. The van der Waals surface area contributed by atoms with Crippen molar-refractivity contribution in [1.29, 1.82) is 0 Å². The van der Waals surface area contributed by atoms with Crippen molar-refractivity contribution in [3.05, 3.63) is 59.2 Å². The van der Waals surface area contributed by atoms with Gasteiger partial charge in [-0.05, 0) is 41.8 Å². The Bertz CT molecular complexity index is 1020. The summed E-state index contributed by atoms with van der Waals surface area (Å²) in [4.78, 5) is 34.1. The largest absolute Gasteiger partial charge is 0.468 e. The number of methoxy groups -OCH3 is 1. The number of alkyl carbamates (subject to hydrolysis) is 1. The van der Waals surface area contributed by atoms with Gasteiger partial charge in [-0.3, -0.25) is 14.9 Å². The maximum atomic E-state index is 13.6. The van der Waals surface area contributed by atoms with Crippen molar-refractivity contribution in [2.24, 2.45) is 5.73 Å². The molecule has 2 atom stereocenters. The van der Waals surface area contributed by atoms with Crippen molar-refractivity contribution in [2.45, 2.75) is 31.2 Å². The van der Waals surface area contributed by atoms with Crippen molar-refractivity contribution in [3.8, 4) is 11.5 Å². The highest BCUT2D eigenvalue weighted by molar-refractivity contribution is 6.00. The van der Waals surface area contributed by atoms with Crippen LogP contribution < -0.4 is 15.8 Å². The fraction of sp³-hybridized carbons (Fsp3) is 0.286. The fourth-order valence-corrected chi connectivity index (χ4v) is 3.07. The minimum atomic E-state index is -4.73. The van der Waals surface area contributed by atoms with Crippen LogP contribution in [0.2, 0.25) is 0 Å². The fourth-order valence-electron chi connectivity index (χ4n) is 3.07. The van der Waals surface area contributed by atoms with E-state index in [-0.39, 0.29) is 24.2 Å². The van der Waals surface area contributed by atoms with E-state index in [1.165, 1.54) is 25.3 Å². The zero-order chi connectivity index (χ0) is 23.5. The van der Waals surface area contributed by atoms with Crippen molar-refractivity contribution in [1.82, 2.24) is 5.32 Å². The highest BCUT2D eigenvalue weighted by Gasteiger charge is 2.36. The second-order valence-corrected chi connectivity index (χ2v) is 7.00. The molecule has 1 aliphatic heterocycles. The molecule has 2 unspecified atom stereocenters. The molecule has 3 N–H and O–H groups in total. The van der Waals surface area contributed by atoms with E-state index < -0.39 is 47.6 Å². The highest BCUT2D eigenvalue weighted by atomic mass is 19.4. The minimum absolute atomic E-state index is 0.141. The molecule has 2 aromatic rings. The summed E-state index contributed by atoms with van der Waals surface area (Å²) in [6.45, 7) is 0. The number of amides is 2. The Hall–Kier alpha value is -3.60. The predicted octanol–water partition coefficient (Wildman–Crippen LogP) is 2.72. The molecule has 0 aliphatic carbocycles. The molecule has 8 nitrogen and oxygen atoms in total. The van der Waals surface area contributed by atoms with Gasteiger partial charge in [-0.1, -0.05) is 18.2 Å². The zero-order valence-corrected chi connectivity index (χ0v) is 16.8. The lowest BCUT2D eigenvalue weighted by atomic mass is 10.0. The Morgan fingerprint density at radius 1 is 1.16 bits per heavy atom. The second-order valence-electron chi connectivity index (χ2n) is 7.00. The first-order valence-electron chi connectivity index (χ1n) is 9.38. The molecular weight excluding hydrogens is 433 g/mol. The summed E-state index contributed by atoms with van der Waals surface area (Å²) >= 11 is 0. The van der Waals surface area contributed by atoms with Gasteiger partial charge in [0.15, 0.2) is 6.10 Å². The molecule has 1 saturated heterocycles. The lowest BCUT2D eigenvalue weighted by Crippen LogP contribution is -2.33. The molecule has 0 saturated carbocycles. The average Bonchev–Trinajstić information content (AvgIpc) is 3.05. The normalized spacial score (nSPS) is 16.8. The molecule has 11 heteroatoms. The van der Waals surface area contributed by atoms with Crippen LogP contribution in [-0.4, -0.2) is 37.2 Å². The highest BCUT2D eigenvalue weighted by Crippen LogP contribution is 2.39. The number of hydrogen-bond acceptors (Lipinski definition) is 7. The van der Waals surface area contributed by atoms with Gasteiger partial charge in [-0.25, -0.2) is 4.79 Å². The van der Waals surface area contributed by atoms with Crippen LogP contribution in [0, 0.1) is 0 Å². The number of carbonyl (C=O) groups excluding carboxylic acids is 3. The molecule has 1 fully saturated rings. The molecule has 1 heterocycles. The smallest absolute Gasteiger partial charge is 0.419 e. The van der Waals surface area contributed by atoms with Crippen LogP contribution in [0.3, 0.4) is 0 Å². The number of nitrogens with one attached hydrogen (secondary N) is 1. The number of rotatable bonds is 7. The van der Waals surface area contributed by atoms with Gasteiger partial charge in [-0.2, -0.15) is 13.2 Å². The third-order valence-corrected chi connectivity index (χ3v) is 4.65. The van der Waals surface area contributed by atoms with Gasteiger partial charge < -0.3 is 19.9 Å². The van der Waals surface area contributed by atoms with E-state index >= 15 is 0 Å². The van der Waals surface area contributed by atoms with Gasteiger partial charge in [0.2, 0.25) is 0 Å². The minimum Gasteiger partial charge on any atom is -0.468 e. The van der Waals surface area contributed by atoms with Gasteiger partial charge in [0.25, 0.3) is 5.91 Å². The summed E-state index contributed by atoms with van der Waals surface area (Å²) in [5.74, 6) is -1.59. The summed E-state index contributed by atoms with van der Waals surface area (Å²) in [5, 5.41) is 1.92. The SMILES string of the molecule is COC(=O)C(N)Cc1ccc(Oc2ccc(CC3OC(=O)NC3=O)cc2C(F)(F)F)cc1. The van der Waals surface area contributed by atoms with Crippen molar-refractivity contribution in [3.63, 3.8) is 0 Å². The van der Waals surface area contributed by atoms with Crippen LogP contribution in [0.4, 0.5) is 18.0 Å². The number of esters is 1. The van der Waals surface area contributed by atoms with Crippen LogP contribution >= 0.6 is 0 Å². The number of imide groups is 1. The van der Waals surface area contributed by atoms with Crippen LogP contribution in [-0.2, 0) is 38.1 Å². The van der Waals surface area contributed by atoms with Gasteiger partial charge in [0, 0.05) is 6.42 Å². The maximum Gasteiger partial charge on any atom is 0.419 e. The molecule has 0 radical (unpaired) electrons. The lowest BCUT2D eigenvalue weighted by Gasteiger charge is -2.16. The summed E-state index contributed by atoms with van der Waals surface area (Å²) in [6.07, 6.45) is -6.89. The van der Waals surface area contributed by atoms with E-state index in [2.05, 4.69) is 4.74 Å². The topological polar surface area (TPSA) is 117 Å². The van der Waals surface area contributed by atoms with E-state index in [0.717, 1.165) is 12.1 Å². The quantitative estimate of drug-likeness (QED) is 0.621.